The first kappa shape index (κ1) is 14.5. The average Bonchev–Trinajstić information content (AvgIpc) is 2.47. The third kappa shape index (κ3) is 3.16. The summed E-state index contributed by atoms with van der Waals surface area (Å²) in [4.78, 5) is 9.69. The highest BCUT2D eigenvalue weighted by Gasteiger charge is 2.25. The zero-order chi connectivity index (χ0) is 15.5. The summed E-state index contributed by atoms with van der Waals surface area (Å²) < 4.78 is 26.7. The highest BCUT2D eigenvalue weighted by Crippen LogP contribution is 2.25. The van der Waals surface area contributed by atoms with Crippen molar-refractivity contribution in [2.75, 3.05) is 4.72 Å². The molecule has 0 aliphatic heterocycles. The number of hydrogen-bond acceptors (Lipinski definition) is 5. The second kappa shape index (κ2) is 5.60. The van der Waals surface area contributed by atoms with Gasteiger partial charge in [0.25, 0.3) is 15.7 Å². The average molecular weight is 303 g/mol. The van der Waals surface area contributed by atoms with Crippen molar-refractivity contribution >= 4 is 21.4 Å². The molecule has 0 heterocycles. The van der Waals surface area contributed by atoms with Crippen molar-refractivity contribution < 1.29 is 13.3 Å². The number of nitriles is 1. The van der Waals surface area contributed by atoms with Crippen molar-refractivity contribution in [2.45, 2.75) is 4.90 Å². The number of nitro groups is 1. The first-order valence-electron chi connectivity index (χ1n) is 5.70. The molecule has 21 heavy (non-hydrogen) atoms. The normalized spacial score (nSPS) is 10.6. The molecule has 0 spiro atoms. The van der Waals surface area contributed by atoms with Crippen molar-refractivity contribution in [3.63, 3.8) is 0 Å². The van der Waals surface area contributed by atoms with E-state index in [1.165, 1.54) is 36.4 Å². The molecule has 0 bridgehead atoms. The van der Waals surface area contributed by atoms with E-state index in [1.54, 1.807) is 0 Å². The Morgan fingerprint density at radius 3 is 2.52 bits per heavy atom. The molecule has 1 N–H and O–H groups in total. The molecule has 0 aliphatic rings. The molecule has 0 saturated carbocycles. The van der Waals surface area contributed by atoms with Gasteiger partial charge in [0, 0.05) is 6.07 Å². The number of nitrogens with zero attached hydrogens (tertiary/aromatic N) is 2. The number of anilines is 1. The van der Waals surface area contributed by atoms with Crippen molar-refractivity contribution in [2.24, 2.45) is 0 Å². The molecule has 0 aromatic heterocycles. The van der Waals surface area contributed by atoms with E-state index in [2.05, 4.69) is 4.72 Å². The molecule has 8 heteroatoms. The Balaban J connectivity index is 2.44. The van der Waals surface area contributed by atoms with E-state index in [9.17, 15) is 18.5 Å². The lowest BCUT2D eigenvalue weighted by Crippen LogP contribution is -2.14. The quantitative estimate of drug-likeness (QED) is 0.687. The summed E-state index contributed by atoms with van der Waals surface area (Å²) in [5.41, 5.74) is -0.0774. The van der Waals surface area contributed by atoms with E-state index in [-0.39, 0.29) is 11.3 Å². The molecule has 0 fully saturated rings. The third-order valence-electron chi connectivity index (χ3n) is 2.60. The molecule has 0 atom stereocenters. The summed E-state index contributed by atoms with van der Waals surface area (Å²) in [6.45, 7) is 0. The zero-order valence-corrected chi connectivity index (χ0v) is 11.4. The second-order valence-corrected chi connectivity index (χ2v) is 5.67. The van der Waals surface area contributed by atoms with Gasteiger partial charge in [-0.15, -0.1) is 0 Å². The number of hydrogen-bond donors (Lipinski definition) is 1. The predicted molar refractivity (Wildman–Crippen MR) is 75.1 cm³/mol. The molecule has 0 amide bonds. The number of rotatable bonds is 4. The molecule has 2 aromatic rings. The van der Waals surface area contributed by atoms with Crippen molar-refractivity contribution in [3.8, 4) is 6.07 Å². The Morgan fingerprint density at radius 1 is 1.14 bits per heavy atom. The highest BCUT2D eigenvalue weighted by atomic mass is 32.2. The predicted octanol–water partition coefficient (Wildman–Crippen LogP) is 2.27. The van der Waals surface area contributed by atoms with Crippen LogP contribution in [-0.2, 0) is 10.0 Å². The minimum atomic E-state index is -4.12. The maximum absolute atomic E-state index is 12.2. The van der Waals surface area contributed by atoms with E-state index in [4.69, 9.17) is 5.26 Å². The Hall–Kier alpha value is -2.92. The lowest BCUT2D eigenvalue weighted by Gasteiger charge is -2.08. The molecular formula is C13H9N3O4S. The molecule has 106 valence electrons. The lowest BCUT2D eigenvalue weighted by atomic mass is 10.2. The van der Waals surface area contributed by atoms with Crippen LogP contribution in [0.1, 0.15) is 5.56 Å². The smallest absolute Gasteiger partial charge is 0.279 e. The van der Waals surface area contributed by atoms with Crippen molar-refractivity contribution in [3.05, 3.63) is 64.2 Å². The summed E-state index contributed by atoms with van der Waals surface area (Å²) in [7, 11) is -4.12. The van der Waals surface area contributed by atoms with Crippen LogP contribution in [0.15, 0.2) is 53.4 Å². The second-order valence-electron chi connectivity index (χ2n) is 4.02. The summed E-state index contributed by atoms with van der Waals surface area (Å²) in [5, 5.41) is 19.7. The van der Waals surface area contributed by atoms with Crippen LogP contribution in [0.5, 0.6) is 0 Å². The van der Waals surface area contributed by atoms with Crippen molar-refractivity contribution in [1.82, 2.24) is 0 Å². The molecule has 2 rings (SSSR count). The van der Waals surface area contributed by atoms with Gasteiger partial charge in [-0.25, -0.2) is 8.42 Å². The first-order chi connectivity index (χ1) is 9.94. The van der Waals surface area contributed by atoms with Crippen molar-refractivity contribution in [1.29, 1.82) is 5.26 Å². The number of para-hydroxylation sites is 1. The van der Waals surface area contributed by atoms with Crippen LogP contribution in [0, 0.1) is 21.4 Å². The Morgan fingerprint density at radius 2 is 1.86 bits per heavy atom. The topological polar surface area (TPSA) is 113 Å². The fraction of sp³-hybridized carbons (Fsp3) is 0. The highest BCUT2D eigenvalue weighted by molar-refractivity contribution is 7.92. The monoisotopic (exact) mass is 303 g/mol. The standard InChI is InChI=1S/C13H9N3O4S/c14-9-10-4-3-5-11(8-10)15-21(19,20)13-7-2-1-6-12(13)16(17)18/h1-8,15H. The van der Waals surface area contributed by atoms with Gasteiger partial charge in [0.15, 0.2) is 4.90 Å². The largest absolute Gasteiger partial charge is 0.289 e. The molecule has 7 nitrogen and oxygen atoms in total. The number of benzene rings is 2. The van der Waals surface area contributed by atoms with Gasteiger partial charge < -0.3 is 0 Å². The third-order valence-corrected chi connectivity index (χ3v) is 4.02. The molecule has 0 aliphatic carbocycles. The van der Waals surface area contributed by atoms with Gasteiger partial charge >= 0.3 is 0 Å². The van der Waals surface area contributed by atoms with Crippen LogP contribution in [0.25, 0.3) is 0 Å². The van der Waals surface area contributed by atoms with Gasteiger partial charge in [0.1, 0.15) is 0 Å². The molecule has 0 radical (unpaired) electrons. The van der Waals surface area contributed by atoms with E-state index in [1.807, 2.05) is 6.07 Å². The van der Waals surface area contributed by atoms with Gasteiger partial charge in [-0.3, -0.25) is 14.8 Å². The maximum atomic E-state index is 12.2. The number of nitrogens with one attached hydrogen (secondary N) is 1. The molecule has 0 saturated heterocycles. The molecular weight excluding hydrogens is 294 g/mol. The fourth-order valence-corrected chi connectivity index (χ4v) is 2.92. The van der Waals surface area contributed by atoms with E-state index >= 15 is 0 Å². The Bertz CT molecular complexity index is 840. The fourth-order valence-electron chi connectivity index (χ4n) is 1.70. The van der Waals surface area contributed by atoms with Gasteiger partial charge in [-0.2, -0.15) is 5.26 Å². The minimum Gasteiger partial charge on any atom is -0.279 e. The zero-order valence-electron chi connectivity index (χ0n) is 10.6. The van der Waals surface area contributed by atoms with Gasteiger partial charge in [-0.05, 0) is 24.3 Å². The molecule has 2 aromatic carbocycles. The van der Waals surface area contributed by atoms with Crippen LogP contribution in [0.4, 0.5) is 11.4 Å². The van der Waals surface area contributed by atoms with E-state index in [0.29, 0.717) is 0 Å². The summed E-state index contributed by atoms with van der Waals surface area (Å²) in [6, 6.07) is 12.7. The SMILES string of the molecule is N#Cc1cccc(NS(=O)(=O)c2ccccc2[N+](=O)[O-])c1. The summed E-state index contributed by atoms with van der Waals surface area (Å²) >= 11 is 0. The molecule has 0 unspecified atom stereocenters. The van der Waals surface area contributed by atoms with Crippen LogP contribution < -0.4 is 4.72 Å². The lowest BCUT2D eigenvalue weighted by molar-refractivity contribution is -0.387. The van der Waals surface area contributed by atoms with E-state index in [0.717, 1.165) is 12.1 Å². The Kier molecular flexibility index (Phi) is 3.86. The van der Waals surface area contributed by atoms with Gasteiger partial charge in [0.05, 0.1) is 22.2 Å². The summed E-state index contributed by atoms with van der Waals surface area (Å²) in [5.74, 6) is 0. The maximum Gasteiger partial charge on any atom is 0.289 e. The minimum absolute atomic E-state index is 0.159. The number of sulfonamides is 1. The van der Waals surface area contributed by atoms with Gasteiger partial charge in [0.2, 0.25) is 0 Å². The Labute approximate surface area is 120 Å². The first-order valence-corrected chi connectivity index (χ1v) is 7.19. The van der Waals surface area contributed by atoms with Crippen LogP contribution in [-0.4, -0.2) is 13.3 Å². The van der Waals surface area contributed by atoms with Crippen LogP contribution >= 0.6 is 0 Å². The number of nitro benzene ring substituents is 1. The van der Waals surface area contributed by atoms with Crippen LogP contribution in [0.2, 0.25) is 0 Å². The van der Waals surface area contributed by atoms with Crippen LogP contribution in [0.3, 0.4) is 0 Å². The van der Waals surface area contributed by atoms with E-state index < -0.39 is 25.5 Å². The van der Waals surface area contributed by atoms with Gasteiger partial charge in [-0.1, -0.05) is 18.2 Å². The summed E-state index contributed by atoms with van der Waals surface area (Å²) in [6.07, 6.45) is 0.